The van der Waals surface area contributed by atoms with Gasteiger partial charge in [0.25, 0.3) is 0 Å². The number of halogens is 4. The van der Waals surface area contributed by atoms with Crippen molar-refractivity contribution in [2.45, 2.75) is 0 Å². The highest BCUT2D eigenvalue weighted by Gasteiger charge is 2.14. The van der Waals surface area contributed by atoms with Gasteiger partial charge in [-0.1, -0.05) is 92.7 Å². The number of benzene rings is 4. The molecule has 7 aromatic rings. The molecule has 0 atom stereocenters. The Kier molecular flexibility index (Phi) is 15.7. The number of hydrogen-bond donors (Lipinski definition) is 0. The highest BCUT2D eigenvalue weighted by molar-refractivity contribution is 9.10. The van der Waals surface area contributed by atoms with E-state index in [-0.39, 0.29) is 32.9 Å². The van der Waals surface area contributed by atoms with Crippen molar-refractivity contribution in [2.24, 2.45) is 0 Å². The van der Waals surface area contributed by atoms with Crippen LogP contribution in [-0.4, -0.2) is 27.2 Å². The van der Waals surface area contributed by atoms with Gasteiger partial charge >= 0.3 is 10.0 Å². The Morgan fingerprint density at radius 1 is 0.593 bits per heavy atom. The molecular weight excluding hydrogens is 906 g/mol. The van der Waals surface area contributed by atoms with Crippen LogP contribution in [-0.2, 0) is 0 Å². The van der Waals surface area contributed by atoms with Crippen LogP contribution in [0.25, 0.3) is 28.3 Å². The van der Waals surface area contributed by atoms with Crippen LogP contribution in [0.4, 0.5) is 18.8 Å². The number of carbonyl (C=O) groups is 3. The predicted molar refractivity (Wildman–Crippen MR) is 236 cm³/mol. The van der Waals surface area contributed by atoms with Gasteiger partial charge in [-0.25, -0.2) is 8.78 Å². The summed E-state index contributed by atoms with van der Waals surface area (Å²) in [5.74, 6) is -1.93. The molecule has 0 radical (unpaired) electrons. The molecule has 0 aliphatic rings. The van der Waals surface area contributed by atoms with Crippen LogP contribution in [0.5, 0.6) is 0 Å². The van der Waals surface area contributed by atoms with Crippen LogP contribution in [0, 0.1) is 31.9 Å². The molecule has 0 aliphatic carbocycles. The van der Waals surface area contributed by atoms with Gasteiger partial charge in [-0.15, -0.1) is 11.3 Å². The average Bonchev–Trinajstić information content (AvgIpc) is 4.00. The molecule has 0 amide bonds. The van der Waals surface area contributed by atoms with E-state index in [1.165, 1.54) is 41.8 Å². The summed E-state index contributed by atoms with van der Waals surface area (Å²) in [5, 5.41) is 27.5. The van der Waals surface area contributed by atoms with E-state index in [9.17, 15) is 43.4 Å². The Labute approximate surface area is 360 Å². The Morgan fingerprint density at radius 2 is 1.15 bits per heavy atom. The van der Waals surface area contributed by atoms with Crippen molar-refractivity contribution < 1.29 is 33.0 Å². The zero-order valence-electron chi connectivity index (χ0n) is 30.0. The second-order valence-corrected chi connectivity index (χ2v) is 15.9. The summed E-state index contributed by atoms with van der Waals surface area (Å²) in [7, 11) is 0. The Morgan fingerprint density at radius 3 is 1.78 bits per heavy atom. The van der Waals surface area contributed by atoms with Gasteiger partial charge in [0.1, 0.15) is 11.6 Å². The minimum atomic E-state index is -0.671. The third kappa shape index (κ3) is 13.2. The van der Waals surface area contributed by atoms with Crippen LogP contribution >= 0.6 is 61.5 Å². The maximum atomic E-state index is 13.0. The first-order chi connectivity index (χ1) is 28.2. The second-order valence-electron chi connectivity index (χ2n) is 11.9. The Bertz CT molecular complexity index is 2720. The number of hydrogen-bond acceptors (Lipinski definition) is 10. The molecule has 0 N–H and O–H groups in total. The minimum Gasteiger partial charge on any atom is -0.289 e. The van der Waals surface area contributed by atoms with Crippen molar-refractivity contribution in [2.75, 3.05) is 0 Å². The molecule has 4 aromatic carbocycles. The van der Waals surface area contributed by atoms with Crippen LogP contribution in [0.3, 0.4) is 0 Å². The molecule has 9 nitrogen and oxygen atoms in total. The van der Waals surface area contributed by atoms with E-state index in [0.29, 0.717) is 21.7 Å². The van der Waals surface area contributed by atoms with Gasteiger partial charge < -0.3 is 0 Å². The van der Waals surface area contributed by atoms with Crippen LogP contribution in [0.15, 0.2) is 142 Å². The molecule has 0 bridgehead atoms. The van der Waals surface area contributed by atoms with Crippen LogP contribution in [0.1, 0.15) is 47.8 Å². The molecule has 3 heterocycles. The monoisotopic (exact) mass is 930 g/mol. The van der Waals surface area contributed by atoms with Gasteiger partial charge in [-0.2, -0.15) is 0 Å². The molecule has 0 aliphatic heterocycles. The van der Waals surface area contributed by atoms with Gasteiger partial charge in [-0.3, -0.25) is 34.6 Å². The summed E-state index contributed by atoms with van der Waals surface area (Å²) in [6.07, 6.45) is 8.77. The predicted octanol–water partition coefficient (Wildman–Crippen LogP) is 13.6. The van der Waals surface area contributed by atoms with Crippen LogP contribution < -0.4 is 0 Å². The number of allylic oxidation sites excluding steroid dienone is 3. The number of carbonyl (C=O) groups excluding carboxylic acids is 3. The van der Waals surface area contributed by atoms with Gasteiger partial charge in [0.2, 0.25) is 0 Å². The van der Waals surface area contributed by atoms with E-state index in [1.54, 1.807) is 47.1 Å². The Balaban J connectivity index is 0.000000168. The fourth-order valence-electron chi connectivity index (χ4n) is 4.90. The van der Waals surface area contributed by atoms with E-state index < -0.39 is 21.5 Å². The lowest BCUT2D eigenvalue weighted by atomic mass is 10.1. The standard InChI is InChI=1S/C17H11ClOS.C15H9BrF2O.C11H6N2O5S2/c18-13-8-5-12(6-9-13)7-10-16(19)15-11-20-17-4-2-1-3-14(15)17;16-12-4-2-11(3-5-12)15(19)6-1-10-7-13(17)9-14(18)8-10;14-9(8-4-11(13(17)18)20-6-8)2-1-7-3-10(12(15)16)19-5-7/h1-11H;1-9H;1-6H/b10-7+;6-1+;2-1+. The third-order valence-electron chi connectivity index (χ3n) is 7.75. The Hall–Kier alpha value is -6.10. The van der Waals surface area contributed by atoms with Gasteiger partial charge in [0, 0.05) is 70.6 Å². The van der Waals surface area contributed by atoms with E-state index in [1.807, 2.05) is 60.0 Å². The summed E-state index contributed by atoms with van der Waals surface area (Å²) >= 11 is 12.5. The minimum absolute atomic E-state index is 0.0109. The number of nitrogens with zero attached hydrogens (tertiary/aromatic N) is 2. The van der Waals surface area contributed by atoms with E-state index in [4.69, 9.17) is 11.6 Å². The third-order valence-corrected chi connectivity index (χ3v) is 11.3. The first-order valence-electron chi connectivity index (χ1n) is 16.8. The molecule has 0 unspecified atom stereocenters. The lowest BCUT2D eigenvalue weighted by Crippen LogP contribution is -1.93. The first-order valence-corrected chi connectivity index (χ1v) is 20.6. The molecule has 59 heavy (non-hydrogen) atoms. The molecule has 0 spiro atoms. The maximum absolute atomic E-state index is 13.0. The second kappa shape index (κ2) is 21.1. The zero-order valence-corrected chi connectivity index (χ0v) is 34.8. The number of fused-ring (bicyclic) bond motifs is 1. The number of nitro groups is 2. The van der Waals surface area contributed by atoms with Gasteiger partial charge in [-0.05, 0) is 95.6 Å². The van der Waals surface area contributed by atoms with Crippen molar-refractivity contribution in [1.82, 2.24) is 0 Å². The summed E-state index contributed by atoms with van der Waals surface area (Å²) < 4.78 is 27.9. The summed E-state index contributed by atoms with van der Waals surface area (Å²) in [4.78, 5) is 55.8. The maximum Gasteiger partial charge on any atom is 0.324 e. The smallest absolute Gasteiger partial charge is 0.289 e. The number of rotatable bonds is 11. The highest BCUT2D eigenvalue weighted by Crippen LogP contribution is 2.27. The van der Waals surface area contributed by atoms with Gasteiger partial charge in [0.15, 0.2) is 17.3 Å². The molecular formula is C43H26BrClF2N2O7S3. The molecule has 16 heteroatoms. The fourth-order valence-corrected chi connectivity index (χ4v) is 7.65. The SMILES string of the molecule is O=C(/C=C/c1cc(F)cc(F)c1)c1ccc(Br)cc1.O=C(/C=C/c1ccc(Cl)cc1)c1csc2ccccc12.O=C(/C=C/c1csc([N+](=O)[O-])c1)c1csc([N+](=O)[O-])c1. The molecule has 0 fully saturated rings. The summed E-state index contributed by atoms with van der Waals surface area (Å²) in [5.41, 5.74) is 3.31. The fraction of sp³-hybridized carbons (Fsp3) is 0. The molecule has 0 saturated heterocycles. The van der Waals surface area contributed by atoms with Crippen molar-refractivity contribution >= 4 is 117 Å². The largest absolute Gasteiger partial charge is 0.324 e. The highest BCUT2D eigenvalue weighted by atomic mass is 79.9. The van der Waals surface area contributed by atoms with E-state index in [2.05, 4.69) is 15.9 Å². The lowest BCUT2D eigenvalue weighted by Gasteiger charge is -1.97. The number of ketones is 3. The molecule has 296 valence electrons. The summed E-state index contributed by atoms with van der Waals surface area (Å²) in [6.45, 7) is 0. The molecule has 0 saturated carbocycles. The zero-order chi connectivity index (χ0) is 42.5. The van der Waals surface area contributed by atoms with Crippen LogP contribution in [0.2, 0.25) is 5.02 Å². The normalized spacial score (nSPS) is 11.0. The van der Waals surface area contributed by atoms with Crippen molar-refractivity contribution in [1.29, 1.82) is 0 Å². The lowest BCUT2D eigenvalue weighted by molar-refractivity contribution is -0.380. The van der Waals surface area contributed by atoms with E-state index >= 15 is 0 Å². The first kappa shape index (κ1) is 44.0. The topological polar surface area (TPSA) is 137 Å². The average molecular weight is 932 g/mol. The quantitative estimate of drug-likeness (QED) is 0.0545. The van der Waals surface area contributed by atoms with Crippen molar-refractivity contribution in [3.05, 3.63) is 212 Å². The van der Waals surface area contributed by atoms with E-state index in [0.717, 1.165) is 66.6 Å². The number of thiophene rings is 3. The van der Waals surface area contributed by atoms with Gasteiger partial charge in [0.05, 0.1) is 9.85 Å². The van der Waals surface area contributed by atoms with Crippen molar-refractivity contribution in [3.8, 4) is 0 Å². The molecule has 3 aromatic heterocycles. The van der Waals surface area contributed by atoms with Crippen molar-refractivity contribution in [3.63, 3.8) is 0 Å². The molecule has 7 rings (SSSR count). The summed E-state index contributed by atoms with van der Waals surface area (Å²) in [6, 6.07) is 27.8.